The average molecular weight is 346 g/mol. The number of para-hydroxylation sites is 1. The maximum absolute atomic E-state index is 12.8. The van der Waals surface area contributed by atoms with Gasteiger partial charge in [0.15, 0.2) is 0 Å². The van der Waals surface area contributed by atoms with Gasteiger partial charge in [-0.25, -0.2) is 4.68 Å². The molecule has 5 heteroatoms. The number of carbonyl (C=O) groups excluding carboxylic acids is 1. The second-order valence-corrected chi connectivity index (χ2v) is 7.57. The first-order chi connectivity index (χ1) is 12.7. The summed E-state index contributed by atoms with van der Waals surface area (Å²) in [6, 6.07) is 15.9. The number of fused-ring (bicyclic) bond motifs is 1. The highest BCUT2D eigenvalue weighted by molar-refractivity contribution is 5.95. The van der Waals surface area contributed by atoms with Crippen LogP contribution in [0, 0.1) is 5.41 Å². The fourth-order valence-electron chi connectivity index (χ4n) is 4.29. The number of likely N-dealkylation sites (tertiary alicyclic amines) is 1. The van der Waals surface area contributed by atoms with E-state index < -0.39 is 0 Å². The smallest absolute Gasteiger partial charge is 0.253 e. The fraction of sp³-hybridized carbons (Fsp3) is 0.333. The van der Waals surface area contributed by atoms with Crippen LogP contribution in [-0.2, 0) is 0 Å². The van der Waals surface area contributed by atoms with E-state index in [0.717, 1.165) is 48.3 Å². The van der Waals surface area contributed by atoms with E-state index >= 15 is 0 Å². The van der Waals surface area contributed by atoms with Crippen molar-refractivity contribution in [3.05, 3.63) is 60.3 Å². The number of nitrogens with zero attached hydrogens (tertiary/aromatic N) is 3. The summed E-state index contributed by atoms with van der Waals surface area (Å²) in [5.41, 5.74) is 3.17. The molecule has 1 N–H and O–H groups in total. The Labute approximate surface area is 152 Å². The summed E-state index contributed by atoms with van der Waals surface area (Å²) in [6.45, 7) is 3.96. The van der Waals surface area contributed by atoms with E-state index in [0.29, 0.717) is 5.41 Å². The van der Waals surface area contributed by atoms with Crippen LogP contribution >= 0.6 is 0 Å². The molecular weight excluding hydrogens is 324 g/mol. The van der Waals surface area contributed by atoms with Crippen LogP contribution in [-0.4, -0.2) is 46.8 Å². The summed E-state index contributed by atoms with van der Waals surface area (Å²) in [4.78, 5) is 14.7. The zero-order valence-electron chi connectivity index (χ0n) is 14.7. The molecule has 1 aromatic heterocycles. The van der Waals surface area contributed by atoms with Crippen molar-refractivity contribution in [2.45, 2.75) is 12.8 Å². The molecule has 2 aliphatic heterocycles. The van der Waals surface area contributed by atoms with Crippen molar-refractivity contribution >= 4 is 16.8 Å². The first-order valence-electron chi connectivity index (χ1n) is 9.27. The maximum atomic E-state index is 12.8. The van der Waals surface area contributed by atoms with Gasteiger partial charge >= 0.3 is 0 Å². The van der Waals surface area contributed by atoms with Gasteiger partial charge in [-0.2, -0.15) is 5.10 Å². The first-order valence-corrected chi connectivity index (χ1v) is 9.27. The number of amides is 1. The zero-order valence-corrected chi connectivity index (χ0v) is 14.7. The molecule has 132 valence electrons. The number of aromatic nitrogens is 2. The Morgan fingerprint density at radius 1 is 1.00 bits per heavy atom. The Kier molecular flexibility index (Phi) is 3.57. The van der Waals surface area contributed by atoms with Crippen LogP contribution in [0.5, 0.6) is 0 Å². The van der Waals surface area contributed by atoms with Crippen LogP contribution < -0.4 is 5.32 Å². The summed E-state index contributed by atoms with van der Waals surface area (Å²) in [6.07, 6.45) is 4.23. The number of piperidine rings is 1. The van der Waals surface area contributed by atoms with Crippen LogP contribution in [0.15, 0.2) is 54.7 Å². The summed E-state index contributed by atoms with van der Waals surface area (Å²) < 4.78 is 1.91. The molecule has 0 aliphatic carbocycles. The van der Waals surface area contributed by atoms with Gasteiger partial charge in [0, 0.05) is 29.5 Å². The summed E-state index contributed by atoms with van der Waals surface area (Å²) >= 11 is 0. The minimum absolute atomic E-state index is 0.144. The molecule has 0 atom stereocenters. The van der Waals surface area contributed by atoms with Gasteiger partial charge in [-0.3, -0.25) is 4.79 Å². The lowest BCUT2D eigenvalue weighted by Gasteiger charge is -2.52. The molecule has 2 fully saturated rings. The number of hydrogen-bond donors (Lipinski definition) is 1. The molecule has 3 aromatic rings. The third-order valence-corrected chi connectivity index (χ3v) is 5.84. The maximum Gasteiger partial charge on any atom is 0.253 e. The quantitative estimate of drug-likeness (QED) is 0.776. The highest BCUT2D eigenvalue weighted by atomic mass is 16.2. The molecule has 26 heavy (non-hydrogen) atoms. The Hall–Kier alpha value is -2.66. The highest BCUT2D eigenvalue weighted by Gasteiger charge is 2.45. The standard InChI is InChI=1S/C21H22N4O/c26-20(24-14-21(15-24)9-11-22-12-10-21)16-5-7-18(8-6-16)25-19-4-2-1-3-17(19)13-23-25/h1-8,13,22H,9-12,14-15H2. The number of nitrogens with one attached hydrogen (secondary N) is 1. The lowest BCUT2D eigenvalue weighted by Crippen LogP contribution is -2.61. The van der Waals surface area contributed by atoms with E-state index in [-0.39, 0.29) is 5.91 Å². The van der Waals surface area contributed by atoms with Gasteiger partial charge in [0.1, 0.15) is 0 Å². The molecule has 1 amide bonds. The van der Waals surface area contributed by atoms with Crippen molar-refractivity contribution in [1.29, 1.82) is 0 Å². The molecule has 5 rings (SSSR count). The van der Waals surface area contributed by atoms with Crippen molar-refractivity contribution < 1.29 is 4.79 Å². The topological polar surface area (TPSA) is 50.2 Å². The zero-order chi connectivity index (χ0) is 17.6. The minimum atomic E-state index is 0.144. The predicted molar refractivity (Wildman–Crippen MR) is 102 cm³/mol. The van der Waals surface area contributed by atoms with Gasteiger partial charge in [-0.05, 0) is 56.3 Å². The highest BCUT2D eigenvalue weighted by Crippen LogP contribution is 2.39. The van der Waals surface area contributed by atoms with E-state index in [1.54, 1.807) is 0 Å². The van der Waals surface area contributed by atoms with E-state index in [1.807, 2.05) is 52.2 Å². The normalized spacial score (nSPS) is 18.8. The third-order valence-electron chi connectivity index (χ3n) is 5.84. The van der Waals surface area contributed by atoms with Crippen molar-refractivity contribution in [2.24, 2.45) is 5.41 Å². The molecule has 2 aromatic carbocycles. The van der Waals surface area contributed by atoms with Crippen LogP contribution in [0.1, 0.15) is 23.2 Å². The average Bonchev–Trinajstić information content (AvgIpc) is 3.10. The molecule has 0 radical (unpaired) electrons. The number of rotatable bonds is 2. The van der Waals surface area contributed by atoms with E-state index in [9.17, 15) is 4.79 Å². The molecule has 0 bridgehead atoms. The second kappa shape index (κ2) is 5.95. The van der Waals surface area contributed by atoms with Crippen LogP contribution in [0.4, 0.5) is 0 Å². The van der Waals surface area contributed by atoms with E-state index in [2.05, 4.69) is 22.5 Å². The number of hydrogen-bond acceptors (Lipinski definition) is 3. The molecule has 0 saturated carbocycles. The van der Waals surface area contributed by atoms with Crippen LogP contribution in [0.2, 0.25) is 0 Å². The Morgan fingerprint density at radius 2 is 1.73 bits per heavy atom. The molecule has 2 aliphatic rings. The Balaban J connectivity index is 1.33. The van der Waals surface area contributed by atoms with Crippen LogP contribution in [0.25, 0.3) is 16.6 Å². The van der Waals surface area contributed by atoms with Crippen molar-refractivity contribution in [3.63, 3.8) is 0 Å². The molecule has 2 saturated heterocycles. The van der Waals surface area contributed by atoms with Gasteiger partial charge in [0.05, 0.1) is 17.4 Å². The van der Waals surface area contributed by atoms with Crippen molar-refractivity contribution in [1.82, 2.24) is 20.0 Å². The minimum Gasteiger partial charge on any atom is -0.337 e. The largest absolute Gasteiger partial charge is 0.337 e. The van der Waals surface area contributed by atoms with Gasteiger partial charge < -0.3 is 10.2 Å². The number of carbonyl (C=O) groups is 1. The lowest BCUT2D eigenvalue weighted by molar-refractivity contribution is -0.0113. The fourth-order valence-corrected chi connectivity index (χ4v) is 4.29. The molecule has 3 heterocycles. The van der Waals surface area contributed by atoms with E-state index in [4.69, 9.17) is 0 Å². The lowest BCUT2D eigenvalue weighted by atomic mass is 9.72. The molecular formula is C21H22N4O. The Morgan fingerprint density at radius 3 is 2.50 bits per heavy atom. The summed E-state index contributed by atoms with van der Waals surface area (Å²) in [7, 11) is 0. The predicted octanol–water partition coefficient (Wildman–Crippen LogP) is 2.85. The number of benzene rings is 2. The first kappa shape index (κ1) is 15.6. The third kappa shape index (κ3) is 2.51. The second-order valence-electron chi connectivity index (χ2n) is 7.57. The summed E-state index contributed by atoms with van der Waals surface area (Å²) in [5.74, 6) is 0.144. The van der Waals surface area contributed by atoms with Crippen LogP contribution in [0.3, 0.4) is 0 Å². The van der Waals surface area contributed by atoms with Crippen molar-refractivity contribution in [3.8, 4) is 5.69 Å². The summed E-state index contributed by atoms with van der Waals surface area (Å²) in [5, 5.41) is 8.99. The van der Waals surface area contributed by atoms with Gasteiger partial charge in [-0.1, -0.05) is 18.2 Å². The SMILES string of the molecule is O=C(c1ccc(-n2ncc3ccccc32)cc1)N1CC2(CCNCC2)C1. The molecule has 1 spiro atoms. The van der Waals surface area contributed by atoms with Gasteiger partial charge in [-0.15, -0.1) is 0 Å². The van der Waals surface area contributed by atoms with Gasteiger partial charge in [0.2, 0.25) is 0 Å². The van der Waals surface area contributed by atoms with E-state index in [1.165, 1.54) is 12.8 Å². The Bertz CT molecular complexity index is 946. The monoisotopic (exact) mass is 346 g/mol. The van der Waals surface area contributed by atoms with Crippen molar-refractivity contribution in [2.75, 3.05) is 26.2 Å². The molecule has 5 nitrogen and oxygen atoms in total. The van der Waals surface area contributed by atoms with Gasteiger partial charge in [0.25, 0.3) is 5.91 Å². The molecule has 0 unspecified atom stereocenters.